The fourth-order valence-corrected chi connectivity index (χ4v) is 3.02. The highest BCUT2D eigenvalue weighted by atomic mass is 16.4. The van der Waals surface area contributed by atoms with Gasteiger partial charge in [0.1, 0.15) is 25.9 Å². The van der Waals surface area contributed by atoms with Gasteiger partial charge in [0.25, 0.3) is 0 Å². The zero-order valence-electron chi connectivity index (χ0n) is 14.2. The molecule has 156 valence electrons. The van der Waals surface area contributed by atoms with Gasteiger partial charge in [-0.05, 0) is 19.3 Å². The fraction of sp³-hybridized carbons (Fsp3) is 0.846. The maximum atomic E-state index is 11.9. The van der Waals surface area contributed by atoms with E-state index in [1.165, 1.54) is 0 Å². The number of carbonyl (C=O) groups is 2. The Morgan fingerprint density at radius 1 is 0.704 bits per heavy atom. The largest absolute Gasteiger partial charge is 0.376 e. The van der Waals surface area contributed by atoms with Gasteiger partial charge in [0.15, 0.2) is 24.9 Å². The van der Waals surface area contributed by atoms with E-state index >= 15 is 0 Å². The summed E-state index contributed by atoms with van der Waals surface area (Å²) in [6.45, 7) is -1.73. The zero-order valence-corrected chi connectivity index (χ0v) is 14.2. The molecule has 0 spiro atoms. The van der Waals surface area contributed by atoms with Crippen molar-refractivity contribution < 1.29 is 50.4 Å². The molecular weight excluding hydrogens is 372 g/mol. The van der Waals surface area contributed by atoms with Crippen LogP contribution in [-0.4, -0.2) is 123 Å². The van der Waals surface area contributed by atoms with Crippen LogP contribution >= 0.6 is 0 Å². The molecule has 0 bridgehead atoms. The molecule has 6 unspecified atom stereocenters. The lowest BCUT2D eigenvalue weighted by Crippen LogP contribution is -2.45. The molecule has 14 heteroatoms. The number of hydrogen-bond donors (Lipinski definition) is 8. The van der Waals surface area contributed by atoms with Crippen molar-refractivity contribution in [3.8, 4) is 0 Å². The van der Waals surface area contributed by atoms with E-state index in [9.17, 15) is 40.2 Å². The summed E-state index contributed by atoms with van der Waals surface area (Å²) in [6.07, 6.45) is -10.4. The predicted molar refractivity (Wildman–Crippen MR) is 82.2 cm³/mol. The van der Waals surface area contributed by atoms with Crippen molar-refractivity contribution in [2.45, 2.75) is 56.6 Å². The molecule has 0 aromatic heterocycles. The van der Waals surface area contributed by atoms with E-state index in [1.807, 2.05) is 0 Å². The molecule has 2 fully saturated rings. The smallest absolute Gasteiger partial charge is 0.328 e. The average molecular weight is 396 g/mol. The summed E-state index contributed by atoms with van der Waals surface area (Å²) >= 11 is 0. The molecule has 8 N–H and O–H groups in total. The summed E-state index contributed by atoms with van der Waals surface area (Å²) in [5, 5.41) is 76.9. The SMILES string of the molecule is O=C1N(CO)C(O)C(O)N1C(O)CCCC(O)N1C(=O)N(CO)C(O)C1O. The zero-order chi connectivity index (χ0) is 20.5. The Morgan fingerprint density at radius 3 is 1.30 bits per heavy atom. The van der Waals surface area contributed by atoms with Gasteiger partial charge >= 0.3 is 12.1 Å². The van der Waals surface area contributed by atoms with Crippen molar-refractivity contribution in [3.05, 3.63) is 0 Å². The number of aliphatic hydroxyl groups excluding tert-OH is 8. The molecule has 6 atom stereocenters. The highest BCUT2D eigenvalue weighted by Crippen LogP contribution is 2.25. The summed E-state index contributed by atoms with van der Waals surface area (Å²) in [7, 11) is 0. The van der Waals surface area contributed by atoms with Crippen LogP contribution < -0.4 is 0 Å². The van der Waals surface area contributed by atoms with Crippen LogP contribution in [0.1, 0.15) is 19.3 Å². The number of aliphatic hydroxyl groups is 8. The van der Waals surface area contributed by atoms with E-state index < -0.39 is 62.9 Å². The van der Waals surface area contributed by atoms with Crippen LogP contribution in [0.25, 0.3) is 0 Å². The van der Waals surface area contributed by atoms with E-state index in [2.05, 4.69) is 0 Å². The summed E-state index contributed by atoms with van der Waals surface area (Å²) in [5.74, 6) is 0. The summed E-state index contributed by atoms with van der Waals surface area (Å²) in [6, 6.07) is -1.98. The van der Waals surface area contributed by atoms with Gasteiger partial charge in [0.2, 0.25) is 0 Å². The van der Waals surface area contributed by atoms with Crippen LogP contribution in [0.15, 0.2) is 0 Å². The van der Waals surface area contributed by atoms with Gasteiger partial charge in [0, 0.05) is 0 Å². The van der Waals surface area contributed by atoms with Crippen molar-refractivity contribution in [1.29, 1.82) is 0 Å². The van der Waals surface area contributed by atoms with Crippen molar-refractivity contribution in [2.75, 3.05) is 13.5 Å². The second-order valence-corrected chi connectivity index (χ2v) is 6.15. The first-order valence-electron chi connectivity index (χ1n) is 8.15. The van der Waals surface area contributed by atoms with Gasteiger partial charge < -0.3 is 40.9 Å². The Labute approximate surface area is 153 Å². The topological polar surface area (TPSA) is 209 Å². The number of hydrogen-bond acceptors (Lipinski definition) is 10. The normalized spacial score (nSPS) is 31.3. The molecule has 0 aromatic carbocycles. The second-order valence-electron chi connectivity index (χ2n) is 6.15. The van der Waals surface area contributed by atoms with Crippen LogP contribution in [0.5, 0.6) is 0 Å². The van der Waals surface area contributed by atoms with E-state index in [-0.39, 0.29) is 19.3 Å². The minimum absolute atomic E-state index is 0.0137. The highest BCUT2D eigenvalue weighted by Gasteiger charge is 2.48. The molecule has 2 aliphatic heterocycles. The Morgan fingerprint density at radius 2 is 1.04 bits per heavy atom. The highest BCUT2D eigenvalue weighted by molar-refractivity contribution is 5.77. The van der Waals surface area contributed by atoms with Gasteiger partial charge in [-0.25, -0.2) is 9.59 Å². The van der Waals surface area contributed by atoms with E-state index in [0.717, 1.165) is 0 Å². The number of rotatable bonds is 8. The standard InChI is InChI=1S/C13H24N4O10/c18-4-14-8(22)10(24)16(12(14)26)6(20)2-1-3-7(21)17-11(25)9(23)15(5-19)13(17)27/h6-11,18-25H,1-5H2. The van der Waals surface area contributed by atoms with Crippen LogP contribution in [-0.2, 0) is 0 Å². The first-order valence-corrected chi connectivity index (χ1v) is 8.15. The van der Waals surface area contributed by atoms with Gasteiger partial charge in [-0.2, -0.15) is 0 Å². The molecule has 0 saturated carbocycles. The molecule has 27 heavy (non-hydrogen) atoms. The Hall–Kier alpha value is -1.78. The van der Waals surface area contributed by atoms with Gasteiger partial charge in [0.05, 0.1) is 0 Å². The Balaban J connectivity index is 1.89. The molecule has 2 heterocycles. The van der Waals surface area contributed by atoms with Gasteiger partial charge in [-0.15, -0.1) is 0 Å². The lowest BCUT2D eigenvalue weighted by molar-refractivity contribution is -0.121. The minimum atomic E-state index is -1.76. The van der Waals surface area contributed by atoms with Crippen molar-refractivity contribution >= 4 is 12.1 Å². The third-order valence-corrected chi connectivity index (χ3v) is 4.55. The maximum absolute atomic E-state index is 11.9. The summed E-state index contributed by atoms with van der Waals surface area (Å²) in [5.41, 5.74) is 0. The molecule has 2 rings (SSSR count). The van der Waals surface area contributed by atoms with Crippen molar-refractivity contribution in [1.82, 2.24) is 19.6 Å². The second kappa shape index (κ2) is 8.49. The molecule has 2 aliphatic rings. The fourth-order valence-electron chi connectivity index (χ4n) is 3.02. The lowest BCUT2D eigenvalue weighted by Gasteiger charge is -2.27. The Bertz CT molecular complexity index is 507. The molecule has 4 amide bonds. The molecule has 0 aliphatic carbocycles. The Kier molecular flexibility index (Phi) is 6.77. The van der Waals surface area contributed by atoms with Crippen molar-refractivity contribution in [2.24, 2.45) is 0 Å². The molecule has 0 radical (unpaired) electrons. The molecule has 14 nitrogen and oxygen atoms in total. The maximum Gasteiger partial charge on any atom is 0.328 e. The first-order chi connectivity index (χ1) is 12.7. The van der Waals surface area contributed by atoms with Crippen LogP contribution in [0.3, 0.4) is 0 Å². The van der Waals surface area contributed by atoms with Crippen LogP contribution in [0, 0.1) is 0 Å². The van der Waals surface area contributed by atoms with Gasteiger partial charge in [-0.3, -0.25) is 19.6 Å². The summed E-state index contributed by atoms with van der Waals surface area (Å²) in [4.78, 5) is 26.0. The third-order valence-electron chi connectivity index (χ3n) is 4.55. The van der Waals surface area contributed by atoms with E-state index in [0.29, 0.717) is 19.6 Å². The number of carbonyl (C=O) groups excluding carboxylic acids is 2. The van der Waals surface area contributed by atoms with Crippen LogP contribution in [0.2, 0.25) is 0 Å². The third kappa shape index (κ3) is 3.78. The van der Waals surface area contributed by atoms with Gasteiger partial charge in [-0.1, -0.05) is 0 Å². The van der Waals surface area contributed by atoms with E-state index in [1.54, 1.807) is 0 Å². The first kappa shape index (κ1) is 21.5. The van der Waals surface area contributed by atoms with E-state index in [4.69, 9.17) is 10.2 Å². The lowest BCUT2D eigenvalue weighted by atomic mass is 10.2. The minimum Gasteiger partial charge on any atom is -0.376 e. The molecular formula is C13H24N4O10. The quantitative estimate of drug-likeness (QED) is 0.197. The predicted octanol–water partition coefficient (Wildman–Crippen LogP) is -4.56. The molecule has 2 saturated heterocycles. The number of nitrogens with zero attached hydrogens (tertiary/aromatic N) is 4. The van der Waals surface area contributed by atoms with Crippen molar-refractivity contribution in [3.63, 3.8) is 0 Å². The number of urea groups is 2. The van der Waals surface area contributed by atoms with Crippen LogP contribution in [0.4, 0.5) is 9.59 Å². The molecule has 0 aromatic rings. The summed E-state index contributed by atoms with van der Waals surface area (Å²) < 4.78 is 0. The number of amides is 4. The monoisotopic (exact) mass is 396 g/mol. The average Bonchev–Trinajstić information content (AvgIpc) is 2.96.